The van der Waals surface area contributed by atoms with E-state index in [0.29, 0.717) is 29.2 Å². The van der Waals surface area contributed by atoms with Crippen molar-refractivity contribution in [3.05, 3.63) is 102 Å². The molecule has 1 atom stereocenters. The van der Waals surface area contributed by atoms with Crippen molar-refractivity contribution in [2.24, 2.45) is 0 Å². The summed E-state index contributed by atoms with van der Waals surface area (Å²) in [6.07, 6.45) is 5.22. The predicted molar refractivity (Wildman–Crippen MR) is 133 cm³/mol. The number of fused-ring (bicyclic) bond motifs is 1. The van der Waals surface area contributed by atoms with E-state index in [1.807, 2.05) is 18.2 Å². The zero-order chi connectivity index (χ0) is 24.4. The number of nitrogens with one attached hydrogen (secondary N) is 3. The van der Waals surface area contributed by atoms with E-state index in [1.165, 1.54) is 6.07 Å². The normalized spacial score (nSPS) is 14.1. The van der Waals surface area contributed by atoms with Gasteiger partial charge in [0.15, 0.2) is 5.78 Å². The number of urea groups is 1. The number of aromatic nitrogens is 2. The minimum Gasteiger partial charge on any atom is -0.369 e. The van der Waals surface area contributed by atoms with Gasteiger partial charge in [0.25, 0.3) is 0 Å². The summed E-state index contributed by atoms with van der Waals surface area (Å²) >= 11 is 0. The number of hydrogen-bond donors (Lipinski definition) is 3. The van der Waals surface area contributed by atoms with Crippen LogP contribution in [0, 0.1) is 12.7 Å². The molecule has 0 spiro atoms. The number of hydrogen-bond acceptors (Lipinski definition) is 5. The first kappa shape index (κ1) is 22.2. The molecule has 5 rings (SSSR count). The molecule has 35 heavy (non-hydrogen) atoms. The maximum atomic E-state index is 14.2. The number of benzene rings is 2. The number of rotatable bonds is 5. The van der Waals surface area contributed by atoms with E-state index in [4.69, 9.17) is 0 Å². The van der Waals surface area contributed by atoms with Gasteiger partial charge in [0.05, 0.1) is 11.6 Å². The average molecular weight is 468 g/mol. The van der Waals surface area contributed by atoms with E-state index in [9.17, 15) is 14.0 Å². The summed E-state index contributed by atoms with van der Waals surface area (Å²) in [5.74, 6) is -0.308. The van der Waals surface area contributed by atoms with Crippen LogP contribution in [0.3, 0.4) is 0 Å². The van der Waals surface area contributed by atoms with Gasteiger partial charge in [0, 0.05) is 53.1 Å². The molecule has 0 saturated carbocycles. The predicted octanol–water partition coefficient (Wildman–Crippen LogP) is 5.63. The van der Waals surface area contributed by atoms with E-state index in [1.54, 1.807) is 61.9 Å². The summed E-state index contributed by atoms with van der Waals surface area (Å²) in [6.45, 7) is 2.06. The second-order valence-electron chi connectivity index (χ2n) is 8.30. The fourth-order valence-corrected chi connectivity index (χ4v) is 4.11. The van der Waals surface area contributed by atoms with Crippen molar-refractivity contribution in [1.82, 2.24) is 9.97 Å². The van der Waals surface area contributed by atoms with Crippen molar-refractivity contribution in [3.8, 4) is 11.1 Å². The molecule has 0 radical (unpaired) electrons. The molecule has 4 aromatic rings. The minimum absolute atomic E-state index is 0.0836. The molecule has 0 aliphatic carbocycles. The van der Waals surface area contributed by atoms with E-state index in [2.05, 4.69) is 25.9 Å². The lowest BCUT2D eigenvalue weighted by atomic mass is 9.92. The number of Topliss-reactive ketones (excluding diaryl/α,β-unsaturated/α-hetero) is 1. The lowest BCUT2D eigenvalue weighted by molar-refractivity contribution is 0.0966. The first-order chi connectivity index (χ1) is 17.0. The Morgan fingerprint density at radius 3 is 2.69 bits per heavy atom. The third-order valence-corrected chi connectivity index (χ3v) is 5.92. The maximum Gasteiger partial charge on any atom is 0.323 e. The molecule has 0 fully saturated rings. The maximum absolute atomic E-state index is 14.2. The highest BCUT2D eigenvalue weighted by atomic mass is 19.1. The molecule has 1 unspecified atom stereocenters. The number of ketones is 1. The Hall–Kier alpha value is -4.59. The SMILES string of the molecule is Cc1cccc(NC(=O)Nc2cccc(C(=O)C3CNc4ncc(-c5cccnc5)cc43)c2)c1F. The van der Waals surface area contributed by atoms with Crippen molar-refractivity contribution < 1.29 is 14.0 Å². The van der Waals surface area contributed by atoms with Gasteiger partial charge >= 0.3 is 6.03 Å². The number of amides is 2. The van der Waals surface area contributed by atoms with Crippen LogP contribution in [-0.4, -0.2) is 28.3 Å². The molecule has 3 N–H and O–H groups in total. The van der Waals surface area contributed by atoms with Crippen LogP contribution >= 0.6 is 0 Å². The second-order valence-corrected chi connectivity index (χ2v) is 8.30. The van der Waals surface area contributed by atoms with Gasteiger partial charge in [-0.1, -0.05) is 30.3 Å². The van der Waals surface area contributed by atoms with E-state index < -0.39 is 17.8 Å². The van der Waals surface area contributed by atoms with E-state index >= 15 is 0 Å². The summed E-state index contributed by atoms with van der Waals surface area (Å²) < 4.78 is 14.2. The molecule has 2 amide bonds. The van der Waals surface area contributed by atoms with Crippen LogP contribution in [0.1, 0.15) is 27.4 Å². The number of carbonyl (C=O) groups is 2. The quantitative estimate of drug-likeness (QED) is 0.331. The van der Waals surface area contributed by atoms with Crippen LogP contribution in [0.2, 0.25) is 0 Å². The fraction of sp³-hybridized carbons (Fsp3) is 0.111. The standard InChI is InChI=1S/C27H22FN5O2/c1-16-5-2-9-23(24(16)28)33-27(35)32-20-8-3-6-17(11-20)25(34)22-15-31-26-21(22)12-19(14-30-26)18-7-4-10-29-13-18/h2-14,22H,15H2,1H3,(H,30,31)(H2,32,33,35). The first-order valence-electron chi connectivity index (χ1n) is 11.1. The zero-order valence-corrected chi connectivity index (χ0v) is 18.9. The fourth-order valence-electron chi connectivity index (χ4n) is 4.11. The number of nitrogens with zero attached hydrogens (tertiary/aromatic N) is 2. The van der Waals surface area contributed by atoms with Crippen LogP contribution in [-0.2, 0) is 0 Å². The monoisotopic (exact) mass is 467 g/mol. The van der Waals surface area contributed by atoms with Crippen molar-refractivity contribution in [2.75, 3.05) is 22.5 Å². The largest absolute Gasteiger partial charge is 0.369 e. The Labute approximate surface area is 201 Å². The molecule has 1 aliphatic heterocycles. The van der Waals surface area contributed by atoms with Gasteiger partial charge in [-0.15, -0.1) is 0 Å². The Morgan fingerprint density at radius 2 is 1.86 bits per heavy atom. The highest BCUT2D eigenvalue weighted by Crippen LogP contribution is 2.35. The molecule has 8 heteroatoms. The Bertz CT molecular complexity index is 1420. The third-order valence-electron chi connectivity index (χ3n) is 5.92. The molecule has 7 nitrogen and oxygen atoms in total. The van der Waals surface area contributed by atoms with E-state index in [-0.39, 0.29) is 11.5 Å². The summed E-state index contributed by atoms with van der Waals surface area (Å²) in [5.41, 5.74) is 4.02. The second kappa shape index (κ2) is 9.34. The van der Waals surface area contributed by atoms with Crippen LogP contribution in [0.4, 0.5) is 26.4 Å². The summed E-state index contributed by atoms with van der Waals surface area (Å²) in [6, 6.07) is 16.6. The molecular formula is C27H22FN5O2. The zero-order valence-electron chi connectivity index (χ0n) is 18.9. The lowest BCUT2D eigenvalue weighted by Gasteiger charge is -2.13. The molecular weight excluding hydrogens is 445 g/mol. The van der Waals surface area contributed by atoms with Gasteiger partial charge in [0.2, 0.25) is 0 Å². The molecule has 3 heterocycles. The Kier molecular flexibility index (Phi) is 5.93. The van der Waals surface area contributed by atoms with Crippen molar-refractivity contribution in [1.29, 1.82) is 0 Å². The van der Waals surface area contributed by atoms with Gasteiger partial charge in [0.1, 0.15) is 11.6 Å². The Morgan fingerprint density at radius 1 is 1.00 bits per heavy atom. The van der Waals surface area contributed by atoms with Crippen molar-refractivity contribution >= 4 is 29.0 Å². The van der Waals surface area contributed by atoms with Crippen LogP contribution in [0.15, 0.2) is 79.3 Å². The molecule has 0 saturated heterocycles. The highest BCUT2D eigenvalue weighted by Gasteiger charge is 2.30. The summed E-state index contributed by atoms with van der Waals surface area (Å²) in [5, 5.41) is 8.37. The summed E-state index contributed by atoms with van der Waals surface area (Å²) in [4.78, 5) is 34.5. The third kappa shape index (κ3) is 4.59. The van der Waals surface area contributed by atoms with Crippen LogP contribution in [0.25, 0.3) is 11.1 Å². The minimum atomic E-state index is -0.600. The van der Waals surface area contributed by atoms with Crippen LogP contribution < -0.4 is 16.0 Å². The number of pyridine rings is 2. The van der Waals surface area contributed by atoms with Crippen molar-refractivity contribution in [2.45, 2.75) is 12.8 Å². The highest BCUT2D eigenvalue weighted by molar-refractivity contribution is 6.05. The van der Waals surface area contributed by atoms with Gasteiger partial charge in [-0.3, -0.25) is 9.78 Å². The number of aryl methyl sites for hydroxylation is 1. The van der Waals surface area contributed by atoms with Crippen LogP contribution in [0.5, 0.6) is 0 Å². The topological polar surface area (TPSA) is 96.0 Å². The number of carbonyl (C=O) groups excluding carboxylic acids is 2. The van der Waals surface area contributed by atoms with Gasteiger partial charge in [-0.2, -0.15) is 0 Å². The van der Waals surface area contributed by atoms with Gasteiger partial charge in [-0.25, -0.2) is 14.2 Å². The van der Waals surface area contributed by atoms with Gasteiger partial charge < -0.3 is 16.0 Å². The molecule has 2 aromatic carbocycles. The molecule has 174 valence electrons. The number of halogens is 1. The van der Waals surface area contributed by atoms with E-state index in [0.717, 1.165) is 16.7 Å². The number of anilines is 3. The molecule has 1 aliphatic rings. The molecule has 0 bridgehead atoms. The smallest absolute Gasteiger partial charge is 0.323 e. The van der Waals surface area contributed by atoms with Crippen molar-refractivity contribution in [3.63, 3.8) is 0 Å². The molecule has 2 aromatic heterocycles. The van der Waals surface area contributed by atoms with Gasteiger partial charge in [-0.05, 0) is 42.8 Å². The summed E-state index contributed by atoms with van der Waals surface area (Å²) in [7, 11) is 0. The first-order valence-corrected chi connectivity index (χ1v) is 11.1. The Balaban J connectivity index is 1.34. The lowest BCUT2D eigenvalue weighted by Crippen LogP contribution is -2.21. The average Bonchev–Trinajstić information content (AvgIpc) is 3.30.